The maximum absolute atomic E-state index is 10.6. The van der Waals surface area contributed by atoms with Crippen molar-refractivity contribution in [3.63, 3.8) is 0 Å². The Hall–Kier alpha value is 0.310. The Morgan fingerprint density at radius 1 is 0.545 bits per heavy atom. The van der Waals surface area contributed by atoms with Crippen molar-refractivity contribution in [1.82, 2.24) is 0 Å². The molecule has 0 rings (SSSR count). The monoisotopic (exact) mass is 333 g/mol. The van der Waals surface area contributed by atoms with Crippen molar-refractivity contribution >= 4 is 7.94 Å². The van der Waals surface area contributed by atoms with Gasteiger partial charge in [0.2, 0.25) is 0 Å². The van der Waals surface area contributed by atoms with Crippen LogP contribution in [-0.4, -0.2) is 11.1 Å². The molecular formula is C18H38O3P-. The molecule has 0 aliphatic rings. The smallest absolute Gasteiger partial charge is 0.0762 e. The van der Waals surface area contributed by atoms with E-state index >= 15 is 0 Å². The Balaban J connectivity index is 3.00. The summed E-state index contributed by atoms with van der Waals surface area (Å²) in [5, 5.41) is 0. The number of unbranched alkanes of at least 4 members (excludes halogenated alkanes) is 15. The van der Waals surface area contributed by atoms with Gasteiger partial charge in [-0.2, -0.15) is 0 Å². The molecule has 22 heavy (non-hydrogen) atoms. The van der Waals surface area contributed by atoms with Crippen molar-refractivity contribution in [2.24, 2.45) is 0 Å². The summed E-state index contributed by atoms with van der Waals surface area (Å²) in [5.41, 5.74) is 0. The lowest BCUT2D eigenvalue weighted by atomic mass is 10.0. The summed E-state index contributed by atoms with van der Waals surface area (Å²) >= 11 is 0. The fourth-order valence-electron chi connectivity index (χ4n) is 2.86. The first-order valence-electron chi connectivity index (χ1n) is 9.59. The molecule has 0 bridgehead atoms. The Morgan fingerprint density at radius 2 is 0.818 bits per heavy atom. The van der Waals surface area contributed by atoms with Gasteiger partial charge in [0, 0.05) is 7.94 Å². The zero-order chi connectivity index (χ0) is 16.5. The van der Waals surface area contributed by atoms with Crippen LogP contribution in [0.3, 0.4) is 0 Å². The average molecular weight is 333 g/mol. The average Bonchev–Trinajstić information content (AvgIpc) is 2.45. The van der Waals surface area contributed by atoms with Gasteiger partial charge in [-0.15, -0.1) is 0 Å². The molecule has 134 valence electrons. The van der Waals surface area contributed by atoms with Crippen molar-refractivity contribution in [3.8, 4) is 0 Å². The molecule has 0 aromatic rings. The predicted octanol–water partition coefficient (Wildman–Crippen LogP) is 4.72. The maximum Gasteiger partial charge on any atom is 0.0762 e. The van der Waals surface area contributed by atoms with E-state index in [1.54, 1.807) is 0 Å². The van der Waals surface area contributed by atoms with Gasteiger partial charge >= 0.3 is 0 Å². The molecule has 0 aromatic heterocycles. The van der Waals surface area contributed by atoms with Gasteiger partial charge in [-0.05, 0) is 12.8 Å². The van der Waals surface area contributed by atoms with E-state index in [9.17, 15) is 9.79 Å². The van der Waals surface area contributed by atoms with Gasteiger partial charge in [-0.3, -0.25) is 4.89 Å². The van der Waals surface area contributed by atoms with Crippen LogP contribution >= 0.6 is 7.94 Å². The minimum Gasteiger partial charge on any atom is -0.660 e. The van der Waals surface area contributed by atoms with Crippen molar-refractivity contribution < 1.29 is 14.7 Å². The highest BCUT2D eigenvalue weighted by atomic mass is 31.2. The molecule has 4 heteroatoms. The highest BCUT2D eigenvalue weighted by Crippen LogP contribution is 2.34. The van der Waals surface area contributed by atoms with Gasteiger partial charge in [0.05, 0.1) is 6.16 Å². The molecule has 0 aromatic carbocycles. The number of hydrogen-bond acceptors (Lipinski definition) is 3. The summed E-state index contributed by atoms with van der Waals surface area (Å²) in [4.78, 5) is 29.8. The van der Waals surface area contributed by atoms with Crippen LogP contribution in [0.5, 0.6) is 0 Å². The number of hydrogen-bond donors (Lipinski definition) is 1. The molecule has 0 unspecified atom stereocenters. The SMILES string of the molecule is CCCCCCCCCCCCCCCCCC[P+]([O-])([O-])O. The minimum atomic E-state index is -4.00. The summed E-state index contributed by atoms with van der Waals surface area (Å²) in [6, 6.07) is 0. The van der Waals surface area contributed by atoms with Gasteiger partial charge in [0.1, 0.15) is 0 Å². The summed E-state index contributed by atoms with van der Waals surface area (Å²) in [6.07, 6.45) is 20.3. The van der Waals surface area contributed by atoms with Crippen molar-refractivity contribution in [2.45, 2.75) is 110 Å². The zero-order valence-corrected chi connectivity index (χ0v) is 15.6. The van der Waals surface area contributed by atoms with Gasteiger partial charge < -0.3 is 9.79 Å². The molecule has 0 aliphatic carbocycles. The molecule has 0 spiro atoms. The van der Waals surface area contributed by atoms with Crippen molar-refractivity contribution in [1.29, 1.82) is 0 Å². The lowest BCUT2D eigenvalue weighted by Gasteiger charge is -2.27. The van der Waals surface area contributed by atoms with Crippen LogP contribution in [0.2, 0.25) is 0 Å². The Kier molecular flexibility index (Phi) is 16.4. The highest BCUT2D eigenvalue weighted by Gasteiger charge is 2.05. The second kappa shape index (κ2) is 16.2. The van der Waals surface area contributed by atoms with E-state index in [0.717, 1.165) is 12.8 Å². The summed E-state index contributed by atoms with van der Waals surface area (Å²) in [7, 11) is -4.00. The van der Waals surface area contributed by atoms with Gasteiger partial charge in [-0.1, -0.05) is 96.8 Å². The molecule has 0 amide bonds. The second-order valence-electron chi connectivity index (χ2n) is 6.66. The van der Waals surface area contributed by atoms with Gasteiger partial charge in [0.15, 0.2) is 0 Å². The van der Waals surface area contributed by atoms with E-state index in [0.29, 0.717) is 6.42 Å². The molecule has 0 atom stereocenters. The first-order chi connectivity index (χ1) is 10.6. The number of rotatable bonds is 17. The quantitative estimate of drug-likeness (QED) is 0.309. The van der Waals surface area contributed by atoms with Gasteiger partial charge in [0.25, 0.3) is 0 Å². The van der Waals surface area contributed by atoms with Crippen molar-refractivity contribution in [3.05, 3.63) is 0 Å². The molecule has 0 radical (unpaired) electrons. The highest BCUT2D eigenvalue weighted by molar-refractivity contribution is 7.55. The Labute approximate surface area is 139 Å². The Morgan fingerprint density at radius 3 is 1.09 bits per heavy atom. The van der Waals surface area contributed by atoms with E-state index in [1.165, 1.54) is 83.5 Å². The predicted molar refractivity (Wildman–Crippen MR) is 93.6 cm³/mol. The molecule has 0 aliphatic heterocycles. The van der Waals surface area contributed by atoms with Crippen LogP contribution < -0.4 is 9.79 Å². The lowest BCUT2D eigenvalue weighted by Crippen LogP contribution is -2.23. The molecule has 0 saturated carbocycles. The van der Waals surface area contributed by atoms with E-state index < -0.39 is 7.94 Å². The molecule has 0 saturated heterocycles. The van der Waals surface area contributed by atoms with Crippen LogP contribution in [0.4, 0.5) is 0 Å². The topological polar surface area (TPSA) is 66.3 Å². The summed E-state index contributed by atoms with van der Waals surface area (Å²) in [6.45, 7) is 2.26. The van der Waals surface area contributed by atoms with E-state index in [2.05, 4.69) is 6.92 Å². The molecule has 0 fully saturated rings. The Bertz CT molecular complexity index is 217. The molecule has 0 heterocycles. The van der Waals surface area contributed by atoms with Crippen LogP contribution in [0.25, 0.3) is 0 Å². The fraction of sp³-hybridized carbons (Fsp3) is 1.00. The lowest BCUT2D eigenvalue weighted by molar-refractivity contribution is -0.331. The molecule has 1 N–H and O–H groups in total. The van der Waals surface area contributed by atoms with Crippen LogP contribution in [0, 0.1) is 0 Å². The first kappa shape index (κ1) is 22.3. The largest absolute Gasteiger partial charge is 0.660 e. The normalized spacial score (nSPS) is 12.0. The zero-order valence-electron chi connectivity index (χ0n) is 14.7. The van der Waals surface area contributed by atoms with Gasteiger partial charge in [-0.25, -0.2) is 0 Å². The standard InChI is InChI=1S/C18H39O3P/c1-2-3-4-5-6-7-8-9-10-11-12-13-14-15-16-17-18-22(19,20)21/h2-18H2,1H3,(H2,19,20,21)/p-1. The maximum atomic E-state index is 10.6. The molecular weight excluding hydrogens is 295 g/mol. The second-order valence-corrected chi connectivity index (χ2v) is 8.39. The van der Waals surface area contributed by atoms with Crippen LogP contribution in [0.15, 0.2) is 0 Å². The first-order valence-corrected chi connectivity index (χ1v) is 11.4. The summed E-state index contributed by atoms with van der Waals surface area (Å²) < 4.78 is 0. The third-order valence-electron chi connectivity index (χ3n) is 4.29. The summed E-state index contributed by atoms with van der Waals surface area (Å²) in [5.74, 6) is 0. The van der Waals surface area contributed by atoms with E-state index in [4.69, 9.17) is 4.89 Å². The fourth-order valence-corrected chi connectivity index (χ4v) is 3.48. The van der Waals surface area contributed by atoms with Crippen molar-refractivity contribution in [2.75, 3.05) is 6.16 Å². The third-order valence-corrected chi connectivity index (χ3v) is 5.18. The van der Waals surface area contributed by atoms with Crippen LogP contribution in [0.1, 0.15) is 110 Å². The minimum absolute atomic E-state index is 0.0502. The van der Waals surface area contributed by atoms with E-state index in [-0.39, 0.29) is 6.16 Å². The third kappa shape index (κ3) is 20.3. The molecule has 3 nitrogen and oxygen atoms in total. The van der Waals surface area contributed by atoms with Crippen LogP contribution in [-0.2, 0) is 0 Å². The van der Waals surface area contributed by atoms with E-state index in [1.807, 2.05) is 0 Å².